The van der Waals surface area contributed by atoms with Crippen LogP contribution in [-0.2, 0) is 16.6 Å². The molecule has 0 aliphatic rings. The fourth-order valence-electron chi connectivity index (χ4n) is 2.02. The van der Waals surface area contributed by atoms with Gasteiger partial charge < -0.3 is 10.2 Å². The highest BCUT2D eigenvalue weighted by Gasteiger charge is 2.19. The Morgan fingerprint density at radius 2 is 2.15 bits per heavy atom. The van der Waals surface area contributed by atoms with Crippen LogP contribution in [0, 0.1) is 17.0 Å². The number of aryl methyl sites for hydroxylation is 1. The molecule has 0 atom stereocenters. The summed E-state index contributed by atoms with van der Waals surface area (Å²) < 4.78 is 22.6. The lowest BCUT2D eigenvalue weighted by Gasteiger charge is -2.07. The Labute approximate surface area is 148 Å². The number of aliphatic hydroxyl groups excluding tert-OH is 1. The van der Waals surface area contributed by atoms with Crippen molar-refractivity contribution in [3.63, 3.8) is 0 Å². The second kappa shape index (κ2) is 7.43. The van der Waals surface area contributed by atoms with E-state index in [0.717, 1.165) is 24.4 Å². The van der Waals surface area contributed by atoms with E-state index in [1.54, 1.807) is 6.92 Å². The summed E-state index contributed by atoms with van der Waals surface area (Å²) in [5, 5.41) is 39.2. The van der Waals surface area contributed by atoms with Gasteiger partial charge in [-0.3, -0.25) is 20.5 Å². The van der Waals surface area contributed by atoms with Crippen LogP contribution in [0.4, 0.5) is 11.4 Å². The maximum atomic E-state index is 11.3. The quantitative estimate of drug-likeness (QED) is 0.318. The van der Waals surface area contributed by atoms with E-state index in [-0.39, 0.29) is 17.0 Å². The van der Waals surface area contributed by atoms with Crippen molar-refractivity contribution in [2.75, 3.05) is 5.43 Å². The van der Waals surface area contributed by atoms with Gasteiger partial charge >= 0.3 is 0 Å². The Balaban J connectivity index is 2.37. The molecule has 1 aromatic carbocycles. The number of aliphatic hydroxyl groups is 1. The molecule has 1 heterocycles. The van der Waals surface area contributed by atoms with Crippen molar-refractivity contribution in [2.24, 2.45) is 10.2 Å². The molecular weight excluding hydrogens is 366 g/mol. The van der Waals surface area contributed by atoms with Crippen LogP contribution in [0.25, 0.3) is 0 Å². The van der Waals surface area contributed by atoms with Crippen molar-refractivity contribution >= 4 is 27.6 Å². The number of aromatic hydroxyl groups is 1. The number of primary sulfonamides is 1. The lowest BCUT2D eigenvalue weighted by atomic mass is 10.1. The molecule has 2 aromatic rings. The second-order valence-corrected chi connectivity index (χ2v) is 6.70. The van der Waals surface area contributed by atoms with E-state index in [0.29, 0.717) is 11.3 Å². The molecular formula is C14H15N5O6S. The first-order chi connectivity index (χ1) is 12.1. The lowest BCUT2D eigenvalue weighted by molar-refractivity contribution is -0.384. The van der Waals surface area contributed by atoms with Crippen LogP contribution < -0.4 is 10.6 Å². The maximum Gasteiger partial charge on any atom is 0.295 e. The minimum absolute atomic E-state index is 0.0885. The summed E-state index contributed by atoms with van der Waals surface area (Å²) in [5.74, 6) is -0.193. The van der Waals surface area contributed by atoms with Crippen molar-refractivity contribution in [3.8, 4) is 5.75 Å². The van der Waals surface area contributed by atoms with Gasteiger partial charge in [0.15, 0.2) is 0 Å². The lowest BCUT2D eigenvalue weighted by Crippen LogP contribution is -2.12. The Hall–Kier alpha value is -3.09. The van der Waals surface area contributed by atoms with Gasteiger partial charge in [-0.25, -0.2) is 13.6 Å². The number of nitrogens with two attached hydrogens (primary N) is 1. The molecule has 11 nitrogen and oxygen atoms in total. The SMILES string of the molecule is Cc1ncc(CO)c(/C=N/Nc2ccc(S(N)(=O)=O)cc2[N+](=O)[O-])c1O. The van der Waals surface area contributed by atoms with Crippen molar-refractivity contribution < 1.29 is 23.6 Å². The van der Waals surface area contributed by atoms with Crippen LogP contribution in [0.2, 0.25) is 0 Å². The number of rotatable bonds is 6. The van der Waals surface area contributed by atoms with Gasteiger partial charge in [0.1, 0.15) is 11.4 Å². The van der Waals surface area contributed by atoms with Crippen LogP contribution in [0.5, 0.6) is 5.75 Å². The molecule has 0 radical (unpaired) electrons. The summed E-state index contributed by atoms with van der Waals surface area (Å²) in [6.07, 6.45) is 2.52. The molecule has 0 spiro atoms. The van der Waals surface area contributed by atoms with E-state index in [1.165, 1.54) is 6.20 Å². The van der Waals surface area contributed by atoms with Crippen LogP contribution in [0.1, 0.15) is 16.8 Å². The molecule has 138 valence electrons. The molecule has 0 saturated heterocycles. The van der Waals surface area contributed by atoms with Gasteiger partial charge in [-0.15, -0.1) is 0 Å². The predicted octanol–water partition coefficient (Wildman–Crippen LogP) is 0.590. The van der Waals surface area contributed by atoms with Gasteiger partial charge in [0.05, 0.1) is 28.3 Å². The summed E-state index contributed by atoms with van der Waals surface area (Å²) in [6, 6.07) is 3.04. The monoisotopic (exact) mass is 381 g/mol. The first-order valence-corrected chi connectivity index (χ1v) is 8.58. The number of hydrazone groups is 1. The molecule has 0 amide bonds. The standard InChI is InChI=1S/C14H15N5O6S/c1-8-14(21)11(9(7-20)5-16-8)6-17-18-12-3-2-10(26(15,24)25)4-13(12)19(22)23/h2-6,18,20-21H,7H2,1H3,(H2,15,24,25)/b17-6+. The van der Waals surface area contributed by atoms with E-state index in [1.807, 2.05) is 0 Å². The second-order valence-electron chi connectivity index (χ2n) is 5.14. The molecule has 0 fully saturated rings. The third-order valence-electron chi connectivity index (χ3n) is 3.40. The van der Waals surface area contributed by atoms with E-state index >= 15 is 0 Å². The number of hydrogen-bond donors (Lipinski definition) is 4. The molecule has 0 bridgehead atoms. The summed E-state index contributed by atoms with van der Waals surface area (Å²) in [4.78, 5) is 13.8. The average Bonchev–Trinajstić information content (AvgIpc) is 2.57. The predicted molar refractivity (Wildman–Crippen MR) is 92.2 cm³/mol. The third-order valence-corrected chi connectivity index (χ3v) is 4.31. The van der Waals surface area contributed by atoms with Gasteiger partial charge in [-0.05, 0) is 19.1 Å². The van der Waals surface area contributed by atoms with Gasteiger partial charge in [0.2, 0.25) is 10.0 Å². The minimum Gasteiger partial charge on any atom is -0.505 e. The number of sulfonamides is 1. The topological polar surface area (TPSA) is 181 Å². The van der Waals surface area contributed by atoms with Crippen LogP contribution in [-0.4, -0.2) is 34.8 Å². The molecule has 2 rings (SSSR count). The first kappa shape index (κ1) is 19.2. The van der Waals surface area contributed by atoms with Crippen LogP contribution >= 0.6 is 0 Å². The Morgan fingerprint density at radius 3 is 2.73 bits per heavy atom. The van der Waals surface area contributed by atoms with Gasteiger partial charge in [-0.2, -0.15) is 5.10 Å². The summed E-state index contributed by atoms with van der Waals surface area (Å²) in [6.45, 7) is 1.16. The molecule has 5 N–H and O–H groups in total. The zero-order chi connectivity index (χ0) is 19.5. The minimum atomic E-state index is -4.10. The normalized spacial score (nSPS) is 11.7. The smallest absolute Gasteiger partial charge is 0.295 e. The largest absolute Gasteiger partial charge is 0.505 e. The Kier molecular flexibility index (Phi) is 5.50. The van der Waals surface area contributed by atoms with E-state index in [9.17, 15) is 28.7 Å². The number of benzene rings is 1. The molecule has 12 heteroatoms. The summed E-state index contributed by atoms with van der Waals surface area (Å²) in [7, 11) is -4.10. The molecule has 0 aliphatic carbocycles. The summed E-state index contributed by atoms with van der Waals surface area (Å²) >= 11 is 0. The summed E-state index contributed by atoms with van der Waals surface area (Å²) in [5.41, 5.74) is 2.57. The molecule has 0 unspecified atom stereocenters. The number of nitro benzene ring substituents is 1. The fraction of sp³-hybridized carbons (Fsp3) is 0.143. The number of aromatic nitrogens is 1. The molecule has 0 saturated carbocycles. The van der Waals surface area contributed by atoms with E-state index < -0.39 is 32.1 Å². The fourth-order valence-corrected chi connectivity index (χ4v) is 2.56. The molecule has 1 aromatic heterocycles. The van der Waals surface area contributed by atoms with E-state index in [4.69, 9.17) is 5.14 Å². The van der Waals surface area contributed by atoms with Crippen molar-refractivity contribution in [1.82, 2.24) is 4.98 Å². The number of pyridine rings is 1. The van der Waals surface area contributed by atoms with Crippen molar-refractivity contribution in [2.45, 2.75) is 18.4 Å². The van der Waals surface area contributed by atoms with Gasteiger partial charge in [0.25, 0.3) is 5.69 Å². The Morgan fingerprint density at radius 1 is 1.46 bits per heavy atom. The highest BCUT2D eigenvalue weighted by atomic mass is 32.2. The van der Waals surface area contributed by atoms with Crippen LogP contribution in [0.15, 0.2) is 34.4 Å². The number of nitrogens with zero attached hydrogens (tertiary/aromatic N) is 3. The highest BCUT2D eigenvalue weighted by molar-refractivity contribution is 7.89. The van der Waals surface area contributed by atoms with Crippen LogP contribution in [0.3, 0.4) is 0 Å². The number of anilines is 1. The number of hydrogen-bond acceptors (Lipinski definition) is 9. The van der Waals surface area contributed by atoms with Gasteiger partial charge in [-0.1, -0.05) is 0 Å². The number of nitrogens with one attached hydrogen (secondary N) is 1. The zero-order valence-corrected chi connectivity index (χ0v) is 14.3. The third kappa shape index (κ3) is 4.11. The van der Waals surface area contributed by atoms with Crippen molar-refractivity contribution in [3.05, 3.63) is 51.3 Å². The Bertz CT molecular complexity index is 990. The van der Waals surface area contributed by atoms with E-state index in [2.05, 4.69) is 15.5 Å². The van der Waals surface area contributed by atoms with Crippen molar-refractivity contribution in [1.29, 1.82) is 0 Å². The highest BCUT2D eigenvalue weighted by Crippen LogP contribution is 2.27. The first-order valence-electron chi connectivity index (χ1n) is 7.03. The molecule has 26 heavy (non-hydrogen) atoms. The molecule has 0 aliphatic heterocycles. The average molecular weight is 381 g/mol. The number of nitro groups is 1. The van der Waals surface area contributed by atoms with Gasteiger partial charge in [0, 0.05) is 23.4 Å². The maximum absolute atomic E-state index is 11.3. The zero-order valence-electron chi connectivity index (χ0n) is 13.4.